The molecule has 0 spiro atoms. The van der Waals surface area contributed by atoms with E-state index in [1.165, 1.54) is 31.3 Å². The van der Waals surface area contributed by atoms with Crippen molar-refractivity contribution >= 4 is 0 Å². The molecule has 0 amide bonds. The third-order valence-electron chi connectivity index (χ3n) is 10.6. The van der Waals surface area contributed by atoms with Crippen LogP contribution in [0.3, 0.4) is 0 Å². The largest absolute Gasteiger partial charge is 0.393 e. The Hall–Kier alpha value is -0.380. The fraction of sp³-hybridized carbons (Fsp3) is 0.926. The number of hydrogen-bond donors (Lipinski definition) is 3. The summed E-state index contributed by atoms with van der Waals surface area (Å²) in [6.45, 7) is 11.7. The van der Waals surface area contributed by atoms with Gasteiger partial charge in [0.1, 0.15) is 0 Å². The van der Waals surface area contributed by atoms with Gasteiger partial charge in [-0.1, -0.05) is 46.3 Å². The second-order valence-electron chi connectivity index (χ2n) is 12.5. The van der Waals surface area contributed by atoms with Gasteiger partial charge in [0.15, 0.2) is 5.79 Å². The molecule has 0 heterocycles. The number of aliphatic hydroxyl groups excluding tert-OH is 1. The van der Waals surface area contributed by atoms with Crippen molar-refractivity contribution in [3.8, 4) is 0 Å². The van der Waals surface area contributed by atoms with E-state index in [0.29, 0.717) is 36.0 Å². The van der Waals surface area contributed by atoms with Gasteiger partial charge < -0.3 is 15.3 Å². The minimum atomic E-state index is -1.49. The van der Waals surface area contributed by atoms with E-state index in [1.807, 2.05) is 0 Å². The highest BCUT2D eigenvalue weighted by molar-refractivity contribution is 5.26. The smallest absolute Gasteiger partial charge is 0.166 e. The van der Waals surface area contributed by atoms with Crippen molar-refractivity contribution in [2.75, 3.05) is 0 Å². The standard InChI is InChI=1S/C27H46O3/c1-17(2)24(28)11-6-18(3)21-9-10-22-20-8-7-19-16-27(29,30)15-14-25(19,4)23(20)12-13-26(21,22)5/h7,17-18,20-24,28-30H,6,8-16H2,1-5H3/t18?,20-,21+,22-,23-,24+,25-,26+/m0/s1. The topological polar surface area (TPSA) is 60.7 Å². The fourth-order valence-electron chi connectivity index (χ4n) is 8.57. The molecule has 3 nitrogen and oxygen atoms in total. The number of hydrogen-bond acceptors (Lipinski definition) is 3. The van der Waals surface area contributed by atoms with Gasteiger partial charge in [-0.2, -0.15) is 0 Å². The van der Waals surface area contributed by atoms with E-state index in [1.54, 1.807) is 0 Å². The normalized spacial score (nSPS) is 44.6. The molecule has 8 atom stereocenters. The van der Waals surface area contributed by atoms with Gasteiger partial charge in [-0.15, -0.1) is 0 Å². The predicted octanol–water partition coefficient (Wildman–Crippen LogP) is 5.68. The highest BCUT2D eigenvalue weighted by Crippen LogP contribution is 2.67. The van der Waals surface area contributed by atoms with Gasteiger partial charge in [-0.3, -0.25) is 0 Å². The van der Waals surface area contributed by atoms with Crippen LogP contribution >= 0.6 is 0 Å². The van der Waals surface area contributed by atoms with Crippen LogP contribution < -0.4 is 0 Å². The Labute approximate surface area is 184 Å². The molecule has 172 valence electrons. The second-order valence-corrected chi connectivity index (χ2v) is 12.5. The Balaban J connectivity index is 1.49. The van der Waals surface area contributed by atoms with Gasteiger partial charge in [-0.25, -0.2) is 0 Å². The summed E-state index contributed by atoms with van der Waals surface area (Å²) < 4.78 is 0. The van der Waals surface area contributed by atoms with Crippen molar-refractivity contribution in [3.05, 3.63) is 11.6 Å². The molecule has 0 saturated heterocycles. The van der Waals surface area contributed by atoms with Crippen molar-refractivity contribution in [3.63, 3.8) is 0 Å². The minimum absolute atomic E-state index is 0.161. The molecule has 0 aromatic heterocycles. The highest BCUT2D eigenvalue weighted by Gasteiger charge is 2.59. The Bertz CT molecular complexity index is 667. The average molecular weight is 419 g/mol. The van der Waals surface area contributed by atoms with E-state index < -0.39 is 5.79 Å². The lowest BCUT2D eigenvalue weighted by atomic mass is 9.46. The van der Waals surface area contributed by atoms with Gasteiger partial charge >= 0.3 is 0 Å². The van der Waals surface area contributed by atoms with Crippen LogP contribution in [-0.2, 0) is 0 Å². The molecule has 0 aromatic carbocycles. The van der Waals surface area contributed by atoms with Crippen molar-refractivity contribution < 1.29 is 15.3 Å². The first-order chi connectivity index (χ1) is 14.0. The van der Waals surface area contributed by atoms with Crippen LogP contribution in [0.1, 0.15) is 98.8 Å². The zero-order valence-corrected chi connectivity index (χ0v) is 20.0. The van der Waals surface area contributed by atoms with Crippen molar-refractivity contribution in [1.29, 1.82) is 0 Å². The molecule has 0 radical (unpaired) electrons. The lowest BCUT2D eigenvalue weighted by Gasteiger charge is -2.59. The van der Waals surface area contributed by atoms with Crippen LogP contribution in [0.15, 0.2) is 11.6 Å². The monoisotopic (exact) mass is 418 g/mol. The summed E-state index contributed by atoms with van der Waals surface area (Å²) in [5.74, 6) is 2.63. The Kier molecular flexibility index (Phi) is 5.99. The maximum atomic E-state index is 10.3. The van der Waals surface area contributed by atoms with Crippen molar-refractivity contribution in [2.24, 2.45) is 46.3 Å². The number of fused-ring (bicyclic) bond motifs is 5. The third-order valence-corrected chi connectivity index (χ3v) is 10.6. The first kappa shape index (κ1) is 22.8. The molecular weight excluding hydrogens is 372 g/mol. The Morgan fingerprint density at radius 1 is 0.967 bits per heavy atom. The molecule has 3 fully saturated rings. The van der Waals surface area contributed by atoms with Gasteiger partial charge in [0, 0.05) is 12.8 Å². The zero-order valence-electron chi connectivity index (χ0n) is 20.0. The summed E-state index contributed by atoms with van der Waals surface area (Å²) in [6.07, 6.45) is 12.7. The maximum Gasteiger partial charge on any atom is 0.166 e. The molecule has 3 heteroatoms. The van der Waals surface area contributed by atoms with Gasteiger partial charge in [0.05, 0.1) is 6.10 Å². The molecule has 1 unspecified atom stereocenters. The summed E-state index contributed by atoms with van der Waals surface area (Å²) in [7, 11) is 0. The number of allylic oxidation sites excluding steroid dienone is 1. The second kappa shape index (κ2) is 7.89. The van der Waals surface area contributed by atoms with Gasteiger partial charge in [0.2, 0.25) is 0 Å². The molecule has 0 aliphatic heterocycles. The minimum Gasteiger partial charge on any atom is -0.393 e. The van der Waals surface area contributed by atoms with Gasteiger partial charge in [0.25, 0.3) is 0 Å². The third kappa shape index (κ3) is 3.71. The van der Waals surface area contributed by atoms with E-state index in [4.69, 9.17) is 0 Å². The van der Waals surface area contributed by atoms with E-state index in [0.717, 1.165) is 43.4 Å². The molecule has 4 aliphatic carbocycles. The quantitative estimate of drug-likeness (QED) is 0.398. The maximum absolute atomic E-state index is 10.3. The molecule has 4 aliphatic rings. The van der Waals surface area contributed by atoms with Crippen LogP contribution in [0.25, 0.3) is 0 Å². The molecular formula is C27H46O3. The average Bonchev–Trinajstić information content (AvgIpc) is 3.03. The molecule has 0 bridgehead atoms. The van der Waals surface area contributed by atoms with E-state index in [-0.39, 0.29) is 11.5 Å². The number of aliphatic hydroxyl groups is 3. The van der Waals surface area contributed by atoms with E-state index in [9.17, 15) is 15.3 Å². The number of rotatable bonds is 5. The lowest BCUT2D eigenvalue weighted by molar-refractivity contribution is -0.189. The molecule has 4 rings (SSSR count). The van der Waals surface area contributed by atoms with Crippen molar-refractivity contribution in [2.45, 2.75) is 111 Å². The summed E-state index contributed by atoms with van der Waals surface area (Å²) in [6, 6.07) is 0. The summed E-state index contributed by atoms with van der Waals surface area (Å²) in [5, 5.41) is 30.8. The molecule has 0 aromatic rings. The van der Waals surface area contributed by atoms with Crippen LogP contribution in [-0.4, -0.2) is 27.2 Å². The van der Waals surface area contributed by atoms with E-state index in [2.05, 4.69) is 40.7 Å². The SMILES string of the molecule is CC(C)[C@H](O)CCC(C)[C@H]1CC[C@H]2[C@@H]3CC=C4CC(O)(O)CC[C@]4(C)[C@H]3CC[C@]12C. The Morgan fingerprint density at radius 2 is 1.70 bits per heavy atom. The zero-order chi connectivity index (χ0) is 21.9. The predicted molar refractivity (Wildman–Crippen MR) is 122 cm³/mol. The molecule has 3 N–H and O–H groups in total. The van der Waals surface area contributed by atoms with Gasteiger partial charge in [-0.05, 0) is 97.7 Å². The molecule has 3 saturated carbocycles. The Morgan fingerprint density at radius 3 is 2.40 bits per heavy atom. The fourth-order valence-corrected chi connectivity index (χ4v) is 8.57. The van der Waals surface area contributed by atoms with Crippen LogP contribution in [0.4, 0.5) is 0 Å². The van der Waals surface area contributed by atoms with Crippen molar-refractivity contribution in [1.82, 2.24) is 0 Å². The summed E-state index contributed by atoms with van der Waals surface area (Å²) >= 11 is 0. The first-order valence-electron chi connectivity index (χ1n) is 12.8. The van der Waals surface area contributed by atoms with Crippen LogP contribution in [0.2, 0.25) is 0 Å². The summed E-state index contributed by atoms with van der Waals surface area (Å²) in [4.78, 5) is 0. The van der Waals surface area contributed by atoms with Crippen LogP contribution in [0.5, 0.6) is 0 Å². The highest BCUT2D eigenvalue weighted by atomic mass is 16.5. The van der Waals surface area contributed by atoms with Crippen LogP contribution in [0, 0.1) is 46.3 Å². The van der Waals surface area contributed by atoms with E-state index >= 15 is 0 Å². The lowest BCUT2D eigenvalue weighted by Crippen LogP contribution is -2.52. The molecule has 30 heavy (non-hydrogen) atoms. The first-order valence-corrected chi connectivity index (χ1v) is 12.8. The summed E-state index contributed by atoms with van der Waals surface area (Å²) in [5.41, 5.74) is 1.94.